The van der Waals surface area contributed by atoms with Crippen LogP contribution in [-0.4, -0.2) is 0 Å². The van der Waals surface area contributed by atoms with Gasteiger partial charge in [-0.25, -0.2) is 0 Å². The lowest BCUT2D eigenvalue weighted by molar-refractivity contribution is -0.137. The van der Waals surface area contributed by atoms with Gasteiger partial charge in [0.25, 0.3) is 0 Å². The van der Waals surface area contributed by atoms with Crippen molar-refractivity contribution in [3.05, 3.63) is 53.6 Å². The molecule has 1 fully saturated rings. The minimum atomic E-state index is -4.28. The predicted molar refractivity (Wildman–Crippen MR) is 73.9 cm³/mol. The van der Waals surface area contributed by atoms with E-state index in [1.54, 1.807) is 6.07 Å². The molecule has 0 aliphatic heterocycles. The summed E-state index contributed by atoms with van der Waals surface area (Å²) in [6, 6.07) is 5.58. The molecule has 0 amide bonds. The van der Waals surface area contributed by atoms with Gasteiger partial charge in [0.1, 0.15) is 0 Å². The van der Waals surface area contributed by atoms with E-state index in [2.05, 4.69) is 19.1 Å². The van der Waals surface area contributed by atoms with E-state index in [4.69, 9.17) is 0 Å². The first-order valence-corrected chi connectivity index (χ1v) is 7.03. The van der Waals surface area contributed by atoms with Crippen molar-refractivity contribution in [3.8, 4) is 0 Å². The average molecular weight is 278 g/mol. The van der Waals surface area contributed by atoms with Crippen molar-refractivity contribution in [1.82, 2.24) is 0 Å². The van der Waals surface area contributed by atoms with E-state index in [0.717, 1.165) is 17.6 Å². The van der Waals surface area contributed by atoms with Crippen LogP contribution in [0.3, 0.4) is 0 Å². The zero-order chi connectivity index (χ0) is 14.3. The number of hydrogen-bond donors (Lipinski definition) is 0. The maximum Gasteiger partial charge on any atom is 0.416 e. The first-order chi connectivity index (χ1) is 9.45. The van der Waals surface area contributed by atoms with Crippen LogP contribution in [0.1, 0.15) is 30.9 Å². The van der Waals surface area contributed by atoms with Gasteiger partial charge in [-0.3, -0.25) is 0 Å². The quantitative estimate of drug-likeness (QED) is 0.686. The minimum absolute atomic E-state index is 0.400. The van der Waals surface area contributed by atoms with Crippen molar-refractivity contribution in [2.75, 3.05) is 0 Å². The fourth-order valence-electron chi connectivity index (χ4n) is 2.98. The lowest BCUT2D eigenvalue weighted by Gasteiger charge is -2.23. The van der Waals surface area contributed by atoms with Crippen molar-refractivity contribution in [3.63, 3.8) is 0 Å². The summed E-state index contributed by atoms with van der Waals surface area (Å²) >= 11 is 0. The predicted octanol–water partition coefficient (Wildman–Crippen LogP) is 5.32. The summed E-state index contributed by atoms with van der Waals surface area (Å²) in [4.78, 5) is 0. The molecule has 2 unspecified atom stereocenters. The summed E-state index contributed by atoms with van der Waals surface area (Å²) in [6.07, 6.45) is 4.56. The Kier molecular flexibility index (Phi) is 3.23. The van der Waals surface area contributed by atoms with Crippen molar-refractivity contribution in [2.24, 2.45) is 17.8 Å². The van der Waals surface area contributed by atoms with Gasteiger partial charge in [0.2, 0.25) is 0 Å². The Morgan fingerprint density at radius 3 is 2.50 bits per heavy atom. The highest BCUT2D eigenvalue weighted by molar-refractivity contribution is 5.75. The molecule has 1 aromatic rings. The molecule has 0 spiro atoms. The standard InChI is InChI=1S/C17H17F3/c1-11-9-14(7-8-16(11)12-5-6-12)13-3-2-4-15(10-13)17(18,19)20/h2-4,7-12,16H,5-6H2,1H3. The maximum atomic E-state index is 12.8. The maximum absolute atomic E-state index is 12.8. The van der Waals surface area contributed by atoms with Crippen molar-refractivity contribution >= 4 is 5.57 Å². The molecule has 2 aliphatic carbocycles. The SMILES string of the molecule is CC1C=C(c2cccc(C(F)(F)F)c2)C=CC1C1CC1. The van der Waals surface area contributed by atoms with Crippen LogP contribution in [-0.2, 0) is 6.18 Å². The van der Waals surface area contributed by atoms with Crippen molar-refractivity contribution in [1.29, 1.82) is 0 Å². The lowest BCUT2D eigenvalue weighted by Crippen LogP contribution is -2.13. The molecule has 1 saturated carbocycles. The van der Waals surface area contributed by atoms with E-state index in [1.165, 1.54) is 25.0 Å². The monoisotopic (exact) mass is 278 g/mol. The van der Waals surface area contributed by atoms with Gasteiger partial charge in [-0.15, -0.1) is 0 Å². The Morgan fingerprint density at radius 2 is 1.90 bits per heavy atom. The van der Waals surface area contributed by atoms with E-state index in [1.807, 2.05) is 6.08 Å². The van der Waals surface area contributed by atoms with Gasteiger partial charge in [0.15, 0.2) is 0 Å². The number of halogens is 3. The molecular formula is C17H17F3. The van der Waals surface area contributed by atoms with Gasteiger partial charge >= 0.3 is 6.18 Å². The largest absolute Gasteiger partial charge is 0.416 e. The number of allylic oxidation sites excluding steroid dienone is 4. The summed E-state index contributed by atoms with van der Waals surface area (Å²) < 4.78 is 38.3. The highest BCUT2D eigenvalue weighted by Gasteiger charge is 2.34. The zero-order valence-electron chi connectivity index (χ0n) is 11.3. The summed E-state index contributed by atoms with van der Waals surface area (Å²) in [5, 5.41) is 0. The molecule has 3 rings (SSSR count). The second-order valence-electron chi connectivity index (χ2n) is 5.83. The van der Waals surface area contributed by atoms with Gasteiger partial charge in [0, 0.05) is 0 Å². The van der Waals surface area contributed by atoms with Crippen LogP contribution in [0.2, 0.25) is 0 Å². The van der Waals surface area contributed by atoms with Gasteiger partial charge in [-0.05, 0) is 53.9 Å². The molecule has 0 radical (unpaired) electrons. The highest BCUT2D eigenvalue weighted by Crippen LogP contribution is 2.44. The minimum Gasteiger partial charge on any atom is -0.166 e. The summed E-state index contributed by atoms with van der Waals surface area (Å²) in [5.41, 5.74) is 0.971. The smallest absolute Gasteiger partial charge is 0.166 e. The third-order valence-corrected chi connectivity index (χ3v) is 4.24. The fraction of sp³-hybridized carbons (Fsp3) is 0.412. The van der Waals surface area contributed by atoms with Crippen LogP contribution < -0.4 is 0 Å². The first-order valence-electron chi connectivity index (χ1n) is 7.03. The van der Waals surface area contributed by atoms with Gasteiger partial charge in [-0.2, -0.15) is 13.2 Å². The van der Waals surface area contributed by atoms with Gasteiger partial charge in [-0.1, -0.05) is 37.3 Å². The molecule has 0 saturated heterocycles. The van der Waals surface area contributed by atoms with Gasteiger partial charge < -0.3 is 0 Å². The van der Waals surface area contributed by atoms with Gasteiger partial charge in [0.05, 0.1) is 5.56 Å². The second kappa shape index (κ2) is 4.80. The molecule has 0 N–H and O–H groups in total. The molecule has 106 valence electrons. The molecule has 0 heterocycles. The normalized spacial score (nSPS) is 26.5. The lowest BCUT2D eigenvalue weighted by atomic mass is 9.82. The first kappa shape index (κ1) is 13.5. The summed E-state index contributed by atoms with van der Waals surface area (Å²) in [7, 11) is 0. The third-order valence-electron chi connectivity index (χ3n) is 4.24. The zero-order valence-corrected chi connectivity index (χ0v) is 11.3. The fourth-order valence-corrected chi connectivity index (χ4v) is 2.98. The van der Waals surface area contributed by atoms with Crippen molar-refractivity contribution in [2.45, 2.75) is 25.9 Å². The van der Waals surface area contributed by atoms with Crippen molar-refractivity contribution < 1.29 is 13.2 Å². The Labute approximate surface area is 117 Å². The number of rotatable bonds is 2. The third kappa shape index (κ3) is 2.67. The Balaban J connectivity index is 1.87. The second-order valence-corrected chi connectivity index (χ2v) is 5.83. The summed E-state index contributed by atoms with van der Waals surface area (Å²) in [5.74, 6) is 1.74. The van der Waals surface area contributed by atoms with E-state index >= 15 is 0 Å². The average Bonchev–Trinajstić information content (AvgIpc) is 3.22. The van der Waals surface area contributed by atoms with E-state index < -0.39 is 11.7 Å². The Morgan fingerprint density at radius 1 is 1.15 bits per heavy atom. The summed E-state index contributed by atoms with van der Waals surface area (Å²) in [6.45, 7) is 2.15. The molecule has 0 aromatic heterocycles. The van der Waals surface area contributed by atoms with E-state index in [-0.39, 0.29) is 0 Å². The van der Waals surface area contributed by atoms with E-state index in [0.29, 0.717) is 17.4 Å². The Hall–Kier alpha value is -1.51. The Bertz CT molecular complexity index is 562. The van der Waals surface area contributed by atoms with Crippen LogP contribution >= 0.6 is 0 Å². The van der Waals surface area contributed by atoms with Crippen LogP contribution in [0.25, 0.3) is 5.57 Å². The molecule has 20 heavy (non-hydrogen) atoms. The number of alkyl halides is 3. The van der Waals surface area contributed by atoms with Crippen LogP contribution in [0.4, 0.5) is 13.2 Å². The molecule has 0 nitrogen and oxygen atoms in total. The molecule has 2 atom stereocenters. The molecule has 3 heteroatoms. The van der Waals surface area contributed by atoms with Crippen LogP contribution in [0, 0.1) is 17.8 Å². The highest BCUT2D eigenvalue weighted by atomic mass is 19.4. The molecule has 2 aliphatic rings. The number of benzene rings is 1. The van der Waals surface area contributed by atoms with Crippen LogP contribution in [0.5, 0.6) is 0 Å². The molecular weight excluding hydrogens is 261 g/mol. The topological polar surface area (TPSA) is 0 Å². The number of hydrogen-bond acceptors (Lipinski definition) is 0. The van der Waals surface area contributed by atoms with E-state index in [9.17, 15) is 13.2 Å². The van der Waals surface area contributed by atoms with Crippen LogP contribution in [0.15, 0.2) is 42.5 Å². The molecule has 0 bridgehead atoms. The molecule has 1 aromatic carbocycles.